The van der Waals surface area contributed by atoms with E-state index in [1.807, 2.05) is 37.4 Å². The predicted octanol–water partition coefficient (Wildman–Crippen LogP) is 4.04. The normalized spacial score (nSPS) is 10.6. The molecule has 2 rings (SSSR count). The fourth-order valence-corrected chi connectivity index (χ4v) is 1.80. The summed E-state index contributed by atoms with van der Waals surface area (Å²) >= 11 is 6.13. The second kappa shape index (κ2) is 5.89. The summed E-state index contributed by atoms with van der Waals surface area (Å²) in [6, 6.07) is 9.44. The van der Waals surface area contributed by atoms with Crippen molar-refractivity contribution in [2.24, 2.45) is 0 Å². The highest BCUT2D eigenvalue weighted by Crippen LogP contribution is 2.25. The van der Waals surface area contributed by atoms with Gasteiger partial charge in [0.2, 0.25) is 0 Å². The van der Waals surface area contributed by atoms with Crippen LogP contribution in [-0.4, -0.2) is 17.0 Å². The Morgan fingerprint density at radius 2 is 1.79 bits per heavy atom. The van der Waals surface area contributed by atoms with Crippen LogP contribution in [-0.2, 0) is 0 Å². The van der Waals surface area contributed by atoms with E-state index in [4.69, 9.17) is 11.6 Å². The van der Waals surface area contributed by atoms with Crippen LogP contribution in [0.3, 0.4) is 0 Å². The number of rotatable bonds is 4. The van der Waals surface area contributed by atoms with Crippen molar-refractivity contribution in [1.29, 1.82) is 0 Å². The molecule has 5 heteroatoms. The summed E-state index contributed by atoms with van der Waals surface area (Å²) in [5.74, 6) is 2.57. The molecule has 0 atom stereocenters. The Labute approximate surface area is 118 Å². The van der Waals surface area contributed by atoms with Crippen LogP contribution in [0.2, 0.25) is 5.02 Å². The summed E-state index contributed by atoms with van der Waals surface area (Å²) in [5, 5.41) is 6.92. The zero-order valence-corrected chi connectivity index (χ0v) is 12.0. The van der Waals surface area contributed by atoms with Crippen molar-refractivity contribution in [3.05, 3.63) is 41.2 Å². The van der Waals surface area contributed by atoms with Crippen molar-refractivity contribution in [2.45, 2.75) is 19.8 Å². The standard InChI is InChI=1S/C14H17ClN4/c1-9(2)14-18-12(16-3)8-13(19-14)17-11-7-5-4-6-10(11)15/h4-9H,1-3H3,(H2,16,17,18,19). The molecule has 0 amide bonds. The number of aromatic nitrogens is 2. The minimum atomic E-state index is 0.264. The third-order valence-electron chi connectivity index (χ3n) is 2.65. The zero-order chi connectivity index (χ0) is 13.8. The molecule has 0 aliphatic carbocycles. The van der Waals surface area contributed by atoms with Crippen LogP contribution in [0.4, 0.5) is 17.3 Å². The zero-order valence-electron chi connectivity index (χ0n) is 11.2. The number of para-hydroxylation sites is 1. The van der Waals surface area contributed by atoms with Crippen molar-refractivity contribution in [2.75, 3.05) is 17.7 Å². The van der Waals surface area contributed by atoms with Crippen LogP contribution in [0.5, 0.6) is 0 Å². The molecule has 100 valence electrons. The van der Waals surface area contributed by atoms with Crippen LogP contribution in [0, 0.1) is 0 Å². The highest BCUT2D eigenvalue weighted by Gasteiger charge is 2.08. The molecular weight excluding hydrogens is 260 g/mol. The lowest BCUT2D eigenvalue weighted by Crippen LogP contribution is -2.05. The first kappa shape index (κ1) is 13.6. The molecule has 0 aliphatic rings. The van der Waals surface area contributed by atoms with Crippen molar-refractivity contribution in [3.63, 3.8) is 0 Å². The predicted molar refractivity (Wildman–Crippen MR) is 80.4 cm³/mol. The Kier molecular flexibility index (Phi) is 4.22. The van der Waals surface area contributed by atoms with Crippen molar-refractivity contribution in [1.82, 2.24) is 9.97 Å². The minimum Gasteiger partial charge on any atom is -0.373 e. The number of hydrogen-bond donors (Lipinski definition) is 2. The van der Waals surface area contributed by atoms with Gasteiger partial charge in [-0.3, -0.25) is 0 Å². The summed E-state index contributed by atoms with van der Waals surface area (Å²) < 4.78 is 0. The maximum Gasteiger partial charge on any atom is 0.136 e. The van der Waals surface area contributed by atoms with Gasteiger partial charge >= 0.3 is 0 Å². The molecule has 2 aromatic rings. The van der Waals surface area contributed by atoms with Crippen LogP contribution in [0.15, 0.2) is 30.3 Å². The fourth-order valence-electron chi connectivity index (χ4n) is 1.62. The van der Waals surface area contributed by atoms with Gasteiger partial charge in [-0.05, 0) is 12.1 Å². The van der Waals surface area contributed by atoms with E-state index < -0.39 is 0 Å². The average Bonchev–Trinajstić information content (AvgIpc) is 2.41. The number of nitrogens with one attached hydrogen (secondary N) is 2. The van der Waals surface area contributed by atoms with Crippen LogP contribution in [0.1, 0.15) is 25.6 Å². The maximum atomic E-state index is 6.13. The summed E-state index contributed by atoms with van der Waals surface area (Å²) in [7, 11) is 1.84. The number of benzene rings is 1. The van der Waals surface area contributed by atoms with E-state index in [1.54, 1.807) is 0 Å². The topological polar surface area (TPSA) is 49.8 Å². The molecule has 4 nitrogen and oxygen atoms in total. The van der Waals surface area contributed by atoms with Gasteiger partial charge in [-0.25, -0.2) is 9.97 Å². The first-order valence-electron chi connectivity index (χ1n) is 6.18. The fraction of sp³-hybridized carbons (Fsp3) is 0.286. The van der Waals surface area contributed by atoms with Gasteiger partial charge in [0.15, 0.2) is 0 Å². The van der Waals surface area contributed by atoms with Gasteiger partial charge in [0.05, 0.1) is 10.7 Å². The number of nitrogens with zero attached hydrogens (tertiary/aromatic N) is 2. The van der Waals surface area contributed by atoms with E-state index in [2.05, 4.69) is 34.4 Å². The largest absolute Gasteiger partial charge is 0.373 e. The molecule has 1 heterocycles. The Morgan fingerprint density at radius 3 is 2.42 bits per heavy atom. The molecule has 0 saturated carbocycles. The molecule has 19 heavy (non-hydrogen) atoms. The lowest BCUT2D eigenvalue weighted by atomic mass is 10.2. The second-order valence-corrected chi connectivity index (χ2v) is 4.91. The molecule has 0 radical (unpaired) electrons. The van der Waals surface area contributed by atoms with Crippen molar-refractivity contribution < 1.29 is 0 Å². The SMILES string of the molecule is CNc1cc(Nc2ccccc2Cl)nc(C(C)C)n1. The highest BCUT2D eigenvalue weighted by atomic mass is 35.5. The van der Waals surface area contributed by atoms with E-state index in [0.717, 1.165) is 23.1 Å². The van der Waals surface area contributed by atoms with Gasteiger partial charge in [-0.15, -0.1) is 0 Å². The Bertz CT molecular complexity index is 569. The highest BCUT2D eigenvalue weighted by molar-refractivity contribution is 6.33. The number of halogens is 1. The summed E-state index contributed by atoms with van der Waals surface area (Å²) in [5.41, 5.74) is 0.833. The summed E-state index contributed by atoms with van der Waals surface area (Å²) in [4.78, 5) is 8.92. The third-order valence-corrected chi connectivity index (χ3v) is 2.98. The molecule has 0 fully saturated rings. The first-order valence-corrected chi connectivity index (χ1v) is 6.56. The molecule has 0 saturated heterocycles. The van der Waals surface area contributed by atoms with Gasteiger partial charge < -0.3 is 10.6 Å². The lowest BCUT2D eigenvalue weighted by molar-refractivity contribution is 0.778. The molecule has 0 spiro atoms. The summed E-state index contributed by atoms with van der Waals surface area (Å²) in [6.07, 6.45) is 0. The van der Waals surface area contributed by atoms with E-state index in [1.165, 1.54) is 0 Å². The van der Waals surface area contributed by atoms with Crippen molar-refractivity contribution in [3.8, 4) is 0 Å². The van der Waals surface area contributed by atoms with Crippen LogP contribution in [0.25, 0.3) is 0 Å². The van der Waals surface area contributed by atoms with E-state index >= 15 is 0 Å². The van der Waals surface area contributed by atoms with Crippen LogP contribution >= 0.6 is 11.6 Å². The number of anilines is 3. The van der Waals surface area contributed by atoms with Gasteiger partial charge in [0, 0.05) is 19.0 Å². The number of hydrogen-bond acceptors (Lipinski definition) is 4. The smallest absolute Gasteiger partial charge is 0.136 e. The monoisotopic (exact) mass is 276 g/mol. The van der Waals surface area contributed by atoms with Crippen LogP contribution < -0.4 is 10.6 Å². The molecule has 1 aromatic carbocycles. The Hall–Kier alpha value is -1.81. The van der Waals surface area contributed by atoms with Gasteiger partial charge in [-0.1, -0.05) is 37.6 Å². The molecule has 0 aliphatic heterocycles. The van der Waals surface area contributed by atoms with Gasteiger partial charge in [0.25, 0.3) is 0 Å². The Balaban J connectivity index is 2.34. The van der Waals surface area contributed by atoms with Crippen molar-refractivity contribution >= 4 is 28.9 Å². The lowest BCUT2D eigenvalue weighted by Gasteiger charge is -2.12. The van der Waals surface area contributed by atoms with E-state index in [-0.39, 0.29) is 5.92 Å². The molecule has 0 unspecified atom stereocenters. The second-order valence-electron chi connectivity index (χ2n) is 4.51. The molecule has 2 N–H and O–H groups in total. The van der Waals surface area contributed by atoms with Gasteiger partial charge in [0.1, 0.15) is 17.5 Å². The quantitative estimate of drug-likeness (QED) is 0.885. The summed E-state index contributed by atoms with van der Waals surface area (Å²) in [6.45, 7) is 4.13. The molecule has 1 aromatic heterocycles. The van der Waals surface area contributed by atoms with E-state index in [0.29, 0.717) is 5.02 Å². The maximum absolute atomic E-state index is 6.13. The average molecular weight is 277 g/mol. The van der Waals surface area contributed by atoms with E-state index in [9.17, 15) is 0 Å². The first-order chi connectivity index (χ1) is 9.10. The Morgan fingerprint density at radius 1 is 1.11 bits per heavy atom. The minimum absolute atomic E-state index is 0.264. The third kappa shape index (κ3) is 3.35. The molecular formula is C14H17ClN4. The van der Waals surface area contributed by atoms with Gasteiger partial charge in [-0.2, -0.15) is 0 Å². The molecule has 0 bridgehead atoms.